The van der Waals surface area contributed by atoms with Crippen molar-refractivity contribution in [3.63, 3.8) is 0 Å². The number of pyridine rings is 1. The normalized spacial score (nSPS) is 16.9. The Labute approximate surface area is 218 Å². The van der Waals surface area contributed by atoms with Gasteiger partial charge in [0.1, 0.15) is 23.5 Å². The molecule has 0 saturated heterocycles. The highest BCUT2D eigenvalue weighted by Crippen LogP contribution is 2.34. The van der Waals surface area contributed by atoms with Crippen LogP contribution in [0.25, 0.3) is 34.2 Å². The van der Waals surface area contributed by atoms with Crippen LogP contribution in [0.4, 0.5) is 9.18 Å². The number of allylic oxidation sites excluding steroid dienone is 4. The Balaban J connectivity index is 1.39. The van der Waals surface area contributed by atoms with Crippen molar-refractivity contribution in [1.82, 2.24) is 35.4 Å². The second kappa shape index (κ2) is 10.4. The van der Waals surface area contributed by atoms with Crippen LogP contribution in [0.3, 0.4) is 0 Å². The first-order valence-electron chi connectivity index (χ1n) is 12.0. The molecule has 5 rings (SSSR count). The monoisotopic (exact) mass is 515 g/mol. The first-order valence-corrected chi connectivity index (χ1v) is 12.0. The summed E-state index contributed by atoms with van der Waals surface area (Å²) in [5, 5.41) is 15.4. The molecule has 0 radical (unpaired) electrons. The molecular formula is C27H26FN7O3. The minimum atomic E-state index is -1.27. The lowest BCUT2D eigenvalue weighted by Gasteiger charge is -2.19. The Kier molecular flexibility index (Phi) is 6.82. The van der Waals surface area contributed by atoms with Gasteiger partial charge in [0.2, 0.25) is 5.82 Å². The SMILES string of the molecule is CC(C)(C)OC(=O)NCc1ccc(-c2noc(-c3nnn(C4C=CC=CC4F)c3-c3ccncc3)n2)cc1. The summed E-state index contributed by atoms with van der Waals surface area (Å²) in [6.45, 7) is 5.74. The first kappa shape index (κ1) is 25.0. The van der Waals surface area contributed by atoms with Gasteiger partial charge >= 0.3 is 6.09 Å². The maximum Gasteiger partial charge on any atom is 0.407 e. The molecule has 11 heteroatoms. The molecule has 3 aromatic heterocycles. The van der Waals surface area contributed by atoms with Crippen LogP contribution in [0.15, 0.2) is 77.6 Å². The number of hydrogen-bond donors (Lipinski definition) is 1. The Bertz CT molecular complexity index is 1470. The number of halogens is 1. The molecule has 1 amide bonds. The number of nitrogens with zero attached hydrogens (tertiary/aromatic N) is 6. The highest BCUT2D eigenvalue weighted by atomic mass is 19.1. The quantitative estimate of drug-likeness (QED) is 0.377. The summed E-state index contributed by atoms with van der Waals surface area (Å²) in [5.41, 5.74) is 2.63. The van der Waals surface area contributed by atoms with E-state index in [1.807, 2.05) is 45.0 Å². The topological polar surface area (TPSA) is 121 Å². The molecule has 1 N–H and O–H groups in total. The molecule has 0 fully saturated rings. The van der Waals surface area contributed by atoms with E-state index in [9.17, 15) is 9.18 Å². The second-order valence-corrected chi connectivity index (χ2v) is 9.65. The van der Waals surface area contributed by atoms with Crippen molar-refractivity contribution in [1.29, 1.82) is 0 Å². The zero-order valence-electron chi connectivity index (χ0n) is 21.1. The molecule has 0 bridgehead atoms. The van der Waals surface area contributed by atoms with Crippen LogP contribution in [-0.4, -0.2) is 48.0 Å². The van der Waals surface area contributed by atoms with Gasteiger partial charge in [-0.2, -0.15) is 4.98 Å². The van der Waals surface area contributed by atoms with Gasteiger partial charge in [-0.05, 0) is 44.5 Å². The average Bonchev–Trinajstić information content (AvgIpc) is 3.55. The number of benzene rings is 1. The van der Waals surface area contributed by atoms with Gasteiger partial charge < -0.3 is 14.6 Å². The van der Waals surface area contributed by atoms with Crippen molar-refractivity contribution in [2.45, 2.75) is 45.1 Å². The van der Waals surface area contributed by atoms with Crippen molar-refractivity contribution in [2.75, 3.05) is 0 Å². The summed E-state index contributed by atoms with van der Waals surface area (Å²) in [5.74, 6) is 0.505. The maximum absolute atomic E-state index is 14.8. The number of hydrogen-bond acceptors (Lipinski definition) is 8. The predicted octanol–water partition coefficient (Wildman–Crippen LogP) is 5.09. The summed E-state index contributed by atoms with van der Waals surface area (Å²) >= 11 is 0. The molecular weight excluding hydrogens is 489 g/mol. The highest BCUT2D eigenvalue weighted by Gasteiger charge is 2.29. The van der Waals surface area contributed by atoms with Gasteiger partial charge in [-0.25, -0.2) is 13.9 Å². The number of carbonyl (C=O) groups is 1. The number of ether oxygens (including phenoxy) is 1. The summed E-state index contributed by atoms with van der Waals surface area (Å²) in [6, 6.07) is 10.3. The number of carbonyl (C=O) groups excluding carboxylic acids is 1. The molecule has 4 aromatic rings. The maximum atomic E-state index is 14.8. The lowest BCUT2D eigenvalue weighted by Crippen LogP contribution is -2.32. The molecule has 2 atom stereocenters. The molecule has 3 heterocycles. The van der Waals surface area contributed by atoms with Gasteiger partial charge in [0.25, 0.3) is 5.89 Å². The zero-order valence-corrected chi connectivity index (χ0v) is 21.1. The molecule has 10 nitrogen and oxygen atoms in total. The number of alkyl halides is 1. The van der Waals surface area contributed by atoms with Crippen molar-refractivity contribution in [3.8, 4) is 34.2 Å². The van der Waals surface area contributed by atoms with Crippen molar-refractivity contribution in [3.05, 3.63) is 78.7 Å². The molecule has 2 unspecified atom stereocenters. The number of aromatic nitrogens is 6. The molecule has 0 aliphatic heterocycles. The molecule has 38 heavy (non-hydrogen) atoms. The van der Waals surface area contributed by atoms with Gasteiger partial charge in [-0.15, -0.1) is 5.10 Å². The van der Waals surface area contributed by atoms with Crippen molar-refractivity contribution < 1.29 is 18.4 Å². The molecule has 1 aliphatic rings. The largest absolute Gasteiger partial charge is 0.444 e. The fraction of sp³-hybridized carbons (Fsp3) is 0.259. The minimum absolute atomic E-state index is 0.152. The number of rotatable bonds is 6. The Morgan fingerprint density at radius 3 is 2.53 bits per heavy atom. The third-order valence-corrected chi connectivity index (χ3v) is 5.65. The van der Waals surface area contributed by atoms with Crippen LogP contribution in [-0.2, 0) is 11.3 Å². The lowest BCUT2D eigenvalue weighted by atomic mass is 10.1. The Morgan fingerprint density at radius 2 is 1.82 bits per heavy atom. The summed E-state index contributed by atoms with van der Waals surface area (Å²) in [6.07, 6.45) is 8.16. The molecule has 1 aromatic carbocycles. The van der Waals surface area contributed by atoms with E-state index in [1.165, 1.54) is 10.8 Å². The second-order valence-electron chi connectivity index (χ2n) is 9.65. The Hall–Kier alpha value is -4.67. The van der Waals surface area contributed by atoms with Crippen LogP contribution in [0, 0.1) is 0 Å². The van der Waals surface area contributed by atoms with Crippen molar-refractivity contribution >= 4 is 6.09 Å². The number of amides is 1. The third kappa shape index (κ3) is 5.51. The van der Waals surface area contributed by atoms with Crippen molar-refractivity contribution in [2.24, 2.45) is 0 Å². The smallest absolute Gasteiger partial charge is 0.407 e. The van der Waals surface area contributed by atoms with E-state index in [-0.39, 0.29) is 5.89 Å². The zero-order chi connectivity index (χ0) is 26.7. The number of nitrogens with one attached hydrogen (secondary N) is 1. The number of alkyl carbamates (subject to hydrolysis) is 1. The van der Waals surface area contributed by atoms with Gasteiger partial charge in [0, 0.05) is 30.1 Å². The van der Waals surface area contributed by atoms with Crippen LogP contribution in [0.1, 0.15) is 32.4 Å². The molecule has 194 valence electrons. The minimum Gasteiger partial charge on any atom is -0.444 e. The molecule has 0 spiro atoms. The van der Waals surface area contributed by atoms with E-state index >= 15 is 0 Å². The third-order valence-electron chi connectivity index (χ3n) is 5.65. The van der Waals surface area contributed by atoms with Gasteiger partial charge in [0.05, 0.1) is 0 Å². The van der Waals surface area contributed by atoms with Crippen LogP contribution < -0.4 is 5.32 Å². The van der Waals surface area contributed by atoms with E-state index in [2.05, 4.69) is 30.8 Å². The van der Waals surface area contributed by atoms with E-state index in [1.54, 1.807) is 42.8 Å². The summed E-state index contributed by atoms with van der Waals surface area (Å²) < 4.78 is 27.1. The van der Waals surface area contributed by atoms with E-state index in [0.29, 0.717) is 29.3 Å². The highest BCUT2D eigenvalue weighted by molar-refractivity contribution is 5.74. The van der Waals surface area contributed by atoms with Crippen LogP contribution >= 0.6 is 0 Å². The van der Waals surface area contributed by atoms with Gasteiger partial charge in [0.15, 0.2) is 5.69 Å². The van der Waals surface area contributed by atoms with Crippen LogP contribution in [0.5, 0.6) is 0 Å². The van der Waals surface area contributed by atoms with Gasteiger partial charge in [-0.3, -0.25) is 4.98 Å². The van der Waals surface area contributed by atoms with E-state index in [4.69, 9.17) is 9.26 Å². The molecule has 1 aliphatic carbocycles. The van der Waals surface area contributed by atoms with E-state index < -0.39 is 23.9 Å². The van der Waals surface area contributed by atoms with E-state index in [0.717, 1.165) is 11.1 Å². The predicted molar refractivity (Wildman–Crippen MR) is 137 cm³/mol. The summed E-state index contributed by atoms with van der Waals surface area (Å²) in [4.78, 5) is 20.5. The lowest BCUT2D eigenvalue weighted by molar-refractivity contribution is 0.0523. The van der Waals surface area contributed by atoms with Crippen LogP contribution in [0.2, 0.25) is 0 Å². The van der Waals surface area contributed by atoms with Gasteiger partial charge in [-0.1, -0.05) is 52.9 Å². The molecule has 0 saturated carbocycles. The fourth-order valence-corrected chi connectivity index (χ4v) is 3.91. The summed E-state index contributed by atoms with van der Waals surface area (Å²) in [7, 11) is 0. The Morgan fingerprint density at radius 1 is 1.08 bits per heavy atom. The average molecular weight is 516 g/mol. The first-order chi connectivity index (χ1) is 18.3. The standard InChI is InChI=1S/C27H26FN7O3/c1-27(2,3)37-26(36)30-16-17-8-10-19(11-9-17)24-31-25(38-33-24)22-23(18-12-14-29-15-13-18)35(34-32-22)21-7-5-4-6-20(21)28/h4-15,20-21H,16H2,1-3H3,(H,30,36). The fourth-order valence-electron chi connectivity index (χ4n) is 3.91.